The van der Waals surface area contributed by atoms with E-state index in [0.717, 1.165) is 11.5 Å². The molecule has 0 fully saturated rings. The van der Waals surface area contributed by atoms with E-state index in [1.54, 1.807) is 22.8 Å². The number of benzene rings is 2. The molecule has 2 heterocycles. The minimum absolute atomic E-state index is 0.00650. The molecule has 0 atom stereocenters. The molecule has 7 nitrogen and oxygen atoms in total. The highest BCUT2D eigenvalue weighted by Crippen LogP contribution is 2.31. The van der Waals surface area contributed by atoms with Gasteiger partial charge in [0.15, 0.2) is 11.2 Å². The Morgan fingerprint density at radius 2 is 1.76 bits per heavy atom. The smallest absolute Gasteiger partial charge is 0.332 e. The number of nitrogens with zero attached hydrogens (tertiary/aromatic N) is 4. The van der Waals surface area contributed by atoms with Crippen LogP contribution in [0.4, 0.5) is 13.2 Å². The van der Waals surface area contributed by atoms with Crippen LogP contribution in [0.1, 0.15) is 24.5 Å². The first kappa shape index (κ1) is 23.5. The molecule has 2 aromatic heterocycles. The zero-order valence-corrected chi connectivity index (χ0v) is 18.6. The predicted octanol–water partition coefficient (Wildman–Crippen LogP) is 3.25. The lowest BCUT2D eigenvalue weighted by Gasteiger charge is -2.14. The van der Waals surface area contributed by atoms with Gasteiger partial charge in [-0.25, -0.2) is 22.9 Å². The fourth-order valence-corrected chi connectivity index (χ4v) is 3.88. The topological polar surface area (TPSA) is 82.0 Å². The molecule has 0 unspecified atom stereocenters. The van der Waals surface area contributed by atoms with Crippen LogP contribution in [0.25, 0.3) is 22.6 Å². The summed E-state index contributed by atoms with van der Waals surface area (Å²) in [6.07, 6.45) is 0.202. The van der Waals surface area contributed by atoms with Crippen LogP contribution in [-0.4, -0.2) is 30.4 Å². The number of aryl methyl sites for hydroxylation is 1. The van der Waals surface area contributed by atoms with Gasteiger partial charge < -0.3 is 9.67 Å². The van der Waals surface area contributed by atoms with Crippen molar-refractivity contribution in [1.82, 2.24) is 18.7 Å². The summed E-state index contributed by atoms with van der Waals surface area (Å²) in [4.78, 5) is 30.7. The Hall–Kier alpha value is -3.66. The van der Waals surface area contributed by atoms with Gasteiger partial charge in [0.05, 0.1) is 0 Å². The number of fused-ring (bicyclic) bond motifs is 1. The number of hydrogen-bond donors (Lipinski definition) is 1. The SMILES string of the molecule is Cn1c(=O)n(CCCO)c(=O)c2c1nc(-c1cccc(C(C)(F)F)c1)n2Cc1ccc(F)cc1. The minimum atomic E-state index is -3.09. The van der Waals surface area contributed by atoms with Crippen LogP contribution in [0, 0.1) is 5.82 Å². The summed E-state index contributed by atoms with van der Waals surface area (Å²) in [5, 5.41) is 9.17. The van der Waals surface area contributed by atoms with Crippen LogP contribution in [0.3, 0.4) is 0 Å². The van der Waals surface area contributed by atoms with Crippen molar-refractivity contribution < 1.29 is 18.3 Å². The molecule has 1 N–H and O–H groups in total. The Kier molecular flexibility index (Phi) is 6.18. The lowest BCUT2D eigenvalue weighted by atomic mass is 10.1. The second-order valence-electron chi connectivity index (χ2n) is 8.16. The van der Waals surface area contributed by atoms with Gasteiger partial charge in [-0.1, -0.05) is 30.3 Å². The van der Waals surface area contributed by atoms with E-state index < -0.39 is 23.0 Å². The van der Waals surface area contributed by atoms with Crippen molar-refractivity contribution in [2.45, 2.75) is 32.4 Å². The van der Waals surface area contributed by atoms with E-state index in [1.807, 2.05) is 0 Å². The standard InChI is InChI=1S/C24H23F3N4O3/c1-24(26,27)17-6-3-5-16(13-17)20-28-21-19(31(20)14-15-7-9-18(25)10-8-15)22(33)30(11-4-12-32)23(34)29(21)2/h3,5-10,13,32H,4,11-12,14H2,1-2H3. The van der Waals surface area contributed by atoms with Gasteiger partial charge in [-0.15, -0.1) is 0 Å². The molecule has 10 heteroatoms. The lowest BCUT2D eigenvalue weighted by Crippen LogP contribution is -2.39. The molecule has 0 saturated carbocycles. The second kappa shape index (κ2) is 8.94. The Bertz CT molecular complexity index is 1460. The maximum atomic E-state index is 14.0. The molecule has 178 valence electrons. The number of aromatic nitrogens is 4. The molecule has 0 aliphatic rings. The Labute approximate surface area is 192 Å². The molecule has 34 heavy (non-hydrogen) atoms. The molecule has 0 spiro atoms. The van der Waals surface area contributed by atoms with Crippen molar-refractivity contribution in [3.8, 4) is 11.4 Å². The molecule has 4 rings (SSSR count). The van der Waals surface area contributed by atoms with Crippen LogP contribution >= 0.6 is 0 Å². The van der Waals surface area contributed by atoms with Gasteiger partial charge in [0.25, 0.3) is 11.5 Å². The highest BCUT2D eigenvalue weighted by molar-refractivity contribution is 5.77. The third-order valence-corrected chi connectivity index (χ3v) is 5.65. The van der Waals surface area contributed by atoms with Crippen LogP contribution < -0.4 is 11.2 Å². The Balaban J connectivity index is 2.03. The van der Waals surface area contributed by atoms with E-state index >= 15 is 0 Å². The van der Waals surface area contributed by atoms with Crippen molar-refractivity contribution in [3.05, 3.63) is 86.3 Å². The Morgan fingerprint density at radius 1 is 1.06 bits per heavy atom. The van der Waals surface area contributed by atoms with E-state index in [9.17, 15) is 27.9 Å². The first-order valence-electron chi connectivity index (χ1n) is 10.7. The first-order chi connectivity index (χ1) is 16.1. The molecular weight excluding hydrogens is 449 g/mol. The van der Waals surface area contributed by atoms with E-state index in [2.05, 4.69) is 4.98 Å². The monoisotopic (exact) mass is 472 g/mol. The van der Waals surface area contributed by atoms with Crippen molar-refractivity contribution in [2.75, 3.05) is 6.61 Å². The van der Waals surface area contributed by atoms with Gasteiger partial charge in [-0.3, -0.25) is 13.9 Å². The number of aliphatic hydroxyl groups excluding tert-OH is 1. The quantitative estimate of drug-likeness (QED) is 0.448. The van der Waals surface area contributed by atoms with Gasteiger partial charge in [-0.2, -0.15) is 0 Å². The average Bonchev–Trinajstić information content (AvgIpc) is 3.18. The van der Waals surface area contributed by atoms with E-state index in [4.69, 9.17) is 0 Å². The molecule has 2 aromatic carbocycles. The largest absolute Gasteiger partial charge is 0.396 e. The van der Waals surface area contributed by atoms with Crippen molar-refractivity contribution in [3.63, 3.8) is 0 Å². The molecule has 0 radical (unpaired) electrons. The van der Waals surface area contributed by atoms with E-state index in [-0.39, 0.29) is 48.7 Å². The summed E-state index contributed by atoms with van der Waals surface area (Å²) >= 11 is 0. The summed E-state index contributed by atoms with van der Waals surface area (Å²) in [5.74, 6) is -3.29. The summed E-state index contributed by atoms with van der Waals surface area (Å²) in [5.41, 5.74) is -0.240. The number of rotatable bonds is 7. The summed E-state index contributed by atoms with van der Waals surface area (Å²) in [6.45, 7) is 0.682. The molecule has 0 bridgehead atoms. The summed E-state index contributed by atoms with van der Waals surface area (Å²) in [7, 11) is 1.47. The lowest BCUT2D eigenvalue weighted by molar-refractivity contribution is 0.0175. The van der Waals surface area contributed by atoms with E-state index in [1.165, 1.54) is 41.9 Å². The van der Waals surface area contributed by atoms with Gasteiger partial charge in [0.2, 0.25) is 0 Å². The third-order valence-electron chi connectivity index (χ3n) is 5.65. The van der Waals surface area contributed by atoms with Crippen molar-refractivity contribution in [1.29, 1.82) is 0 Å². The normalized spacial score (nSPS) is 11.9. The van der Waals surface area contributed by atoms with Crippen LogP contribution in [0.5, 0.6) is 0 Å². The van der Waals surface area contributed by atoms with Crippen molar-refractivity contribution in [2.24, 2.45) is 7.05 Å². The molecule has 0 aliphatic carbocycles. The van der Waals surface area contributed by atoms with E-state index in [0.29, 0.717) is 11.1 Å². The maximum Gasteiger partial charge on any atom is 0.332 e. The fourth-order valence-electron chi connectivity index (χ4n) is 3.88. The van der Waals surface area contributed by atoms with Crippen LogP contribution in [0.2, 0.25) is 0 Å². The minimum Gasteiger partial charge on any atom is -0.396 e. The summed E-state index contributed by atoms with van der Waals surface area (Å²) < 4.78 is 45.3. The first-order valence-corrected chi connectivity index (χ1v) is 10.7. The highest BCUT2D eigenvalue weighted by atomic mass is 19.3. The number of imidazole rings is 1. The number of hydrogen-bond acceptors (Lipinski definition) is 4. The number of alkyl halides is 2. The molecule has 4 aromatic rings. The van der Waals surface area contributed by atoms with Crippen LogP contribution in [0.15, 0.2) is 58.1 Å². The number of aliphatic hydroxyl groups is 1. The third kappa shape index (κ3) is 4.28. The maximum absolute atomic E-state index is 14.0. The van der Waals surface area contributed by atoms with Gasteiger partial charge in [0.1, 0.15) is 11.6 Å². The molecular formula is C24H23F3N4O3. The number of halogens is 3. The summed E-state index contributed by atoms with van der Waals surface area (Å²) in [6, 6.07) is 11.3. The van der Waals surface area contributed by atoms with Gasteiger partial charge >= 0.3 is 5.69 Å². The van der Waals surface area contributed by atoms with Crippen LogP contribution in [-0.2, 0) is 26.1 Å². The zero-order chi connectivity index (χ0) is 24.6. The fraction of sp³-hybridized carbons (Fsp3) is 0.292. The average molecular weight is 472 g/mol. The van der Waals surface area contributed by atoms with Crippen molar-refractivity contribution >= 4 is 11.2 Å². The van der Waals surface area contributed by atoms with Gasteiger partial charge in [0, 0.05) is 44.8 Å². The predicted molar refractivity (Wildman–Crippen MR) is 121 cm³/mol. The zero-order valence-electron chi connectivity index (χ0n) is 18.6. The molecule has 0 saturated heterocycles. The highest BCUT2D eigenvalue weighted by Gasteiger charge is 2.26. The second-order valence-corrected chi connectivity index (χ2v) is 8.16. The molecule has 0 aliphatic heterocycles. The Morgan fingerprint density at radius 3 is 2.41 bits per heavy atom. The molecule has 0 amide bonds. The van der Waals surface area contributed by atoms with Gasteiger partial charge in [-0.05, 0) is 30.2 Å².